The third kappa shape index (κ3) is 7.57. The van der Waals surface area contributed by atoms with E-state index in [1.807, 2.05) is 0 Å². The molecule has 0 fully saturated rings. The summed E-state index contributed by atoms with van der Waals surface area (Å²) in [4.78, 5) is 42.7. The lowest BCUT2D eigenvalue weighted by molar-refractivity contribution is -0.388. The number of hydrogen-bond donors (Lipinski definition) is 2. The first-order valence-corrected chi connectivity index (χ1v) is 9.24. The van der Waals surface area contributed by atoms with E-state index < -0.39 is 63.2 Å². The van der Waals surface area contributed by atoms with E-state index in [4.69, 9.17) is 5.73 Å². The summed E-state index contributed by atoms with van der Waals surface area (Å²) >= 11 is 0. The molecule has 0 unspecified atom stereocenters. The fraction of sp³-hybridized carbons (Fsp3) is 0.250. The second-order valence-electron chi connectivity index (χ2n) is 6.63. The molecule has 0 aliphatic rings. The highest BCUT2D eigenvalue weighted by atomic mass is 19.4. The number of ether oxygens (including phenoxy) is 2. The molecule has 3 N–H and O–H groups in total. The average Bonchev–Trinajstić information content (AvgIpc) is 2.76. The quantitative estimate of drug-likeness (QED) is 0.196. The molecule has 0 aliphatic carbocycles. The van der Waals surface area contributed by atoms with E-state index in [1.165, 1.54) is 0 Å². The summed E-state index contributed by atoms with van der Waals surface area (Å²) in [6.45, 7) is 1.13. The first kappa shape index (κ1) is 29.7. The van der Waals surface area contributed by atoms with Gasteiger partial charge in [0, 0.05) is 18.7 Å². The van der Waals surface area contributed by atoms with Gasteiger partial charge in [-0.1, -0.05) is 0 Å². The number of rotatable bonds is 4. The fourth-order valence-electron chi connectivity index (χ4n) is 2.57. The number of methoxy groups -OCH3 is 2. The summed E-state index contributed by atoms with van der Waals surface area (Å²) in [6, 6.07) is 3.18. The van der Waals surface area contributed by atoms with Crippen molar-refractivity contribution in [2.75, 3.05) is 25.3 Å². The van der Waals surface area contributed by atoms with Crippen molar-refractivity contribution in [2.24, 2.45) is 0 Å². The standard InChI is InChI=1S/C11H10F3NO3.C9H7F3N2O4/c1-6(16)15-9-5-7(11(12,13)14)3-4-8(9)10(17)18-2;1-18-8(15)4-2-7(14(16)17)5(3-6(4)13)9(10,11)12/h3-5H,1-2H3,(H,15,16);2-3H,13H2,1H3. The molecule has 0 aliphatic heterocycles. The number of anilines is 2. The van der Waals surface area contributed by atoms with E-state index in [0.717, 1.165) is 33.3 Å². The molecule has 0 atom stereocenters. The Morgan fingerprint density at radius 1 is 0.917 bits per heavy atom. The minimum atomic E-state index is -4.94. The Labute approximate surface area is 198 Å². The number of esters is 2. The van der Waals surface area contributed by atoms with Crippen LogP contribution in [-0.4, -0.2) is 37.0 Å². The van der Waals surface area contributed by atoms with Crippen LogP contribution in [0.15, 0.2) is 30.3 Å². The third-order valence-corrected chi connectivity index (χ3v) is 4.14. The maximum absolute atomic E-state index is 12.5. The lowest BCUT2D eigenvalue weighted by atomic mass is 10.1. The topological polar surface area (TPSA) is 151 Å². The number of amides is 1. The van der Waals surface area contributed by atoms with Gasteiger partial charge in [0.2, 0.25) is 5.91 Å². The van der Waals surface area contributed by atoms with Gasteiger partial charge in [-0.05, 0) is 24.3 Å². The number of alkyl halides is 6. The molecule has 0 spiro atoms. The van der Waals surface area contributed by atoms with Gasteiger partial charge in [-0.15, -0.1) is 0 Å². The molecule has 196 valence electrons. The number of carbonyl (C=O) groups is 3. The van der Waals surface area contributed by atoms with Gasteiger partial charge < -0.3 is 20.5 Å². The van der Waals surface area contributed by atoms with E-state index in [1.54, 1.807) is 0 Å². The van der Waals surface area contributed by atoms with E-state index >= 15 is 0 Å². The molecule has 2 aromatic rings. The predicted octanol–water partition coefficient (Wildman–Crippen LogP) is 4.43. The van der Waals surface area contributed by atoms with Gasteiger partial charge in [0.15, 0.2) is 0 Å². The van der Waals surface area contributed by atoms with Crippen molar-refractivity contribution < 1.29 is 55.1 Å². The number of nitrogens with two attached hydrogens (primary N) is 1. The Morgan fingerprint density at radius 2 is 1.44 bits per heavy atom. The molecule has 36 heavy (non-hydrogen) atoms. The van der Waals surface area contributed by atoms with Gasteiger partial charge in [0.25, 0.3) is 5.69 Å². The third-order valence-electron chi connectivity index (χ3n) is 4.14. The predicted molar refractivity (Wildman–Crippen MR) is 111 cm³/mol. The highest BCUT2D eigenvalue weighted by Crippen LogP contribution is 2.38. The van der Waals surface area contributed by atoms with Crippen LogP contribution in [0.2, 0.25) is 0 Å². The summed E-state index contributed by atoms with van der Waals surface area (Å²) in [6.07, 6.45) is -9.49. The van der Waals surface area contributed by atoms with Crippen LogP contribution in [0.1, 0.15) is 38.8 Å². The van der Waals surface area contributed by atoms with E-state index in [-0.39, 0.29) is 11.3 Å². The lowest BCUT2D eigenvalue weighted by Crippen LogP contribution is -2.14. The molecule has 16 heteroatoms. The Balaban J connectivity index is 0.000000360. The number of nitrogens with zero attached hydrogens (tertiary/aromatic N) is 1. The zero-order valence-electron chi connectivity index (χ0n) is 18.5. The second-order valence-corrected chi connectivity index (χ2v) is 6.63. The van der Waals surface area contributed by atoms with Crippen LogP contribution in [0.4, 0.5) is 43.4 Å². The number of halogens is 6. The zero-order chi connectivity index (χ0) is 28.0. The van der Waals surface area contributed by atoms with Gasteiger partial charge in [-0.2, -0.15) is 26.3 Å². The minimum absolute atomic E-state index is 0.138. The number of nitro groups is 1. The molecule has 0 saturated heterocycles. The molecular weight excluding hydrogens is 508 g/mol. The van der Waals surface area contributed by atoms with Crippen LogP contribution in [0.5, 0.6) is 0 Å². The van der Waals surface area contributed by atoms with Gasteiger partial charge in [0.05, 0.1) is 41.5 Å². The van der Waals surface area contributed by atoms with Crippen LogP contribution in [0.25, 0.3) is 0 Å². The first-order valence-electron chi connectivity index (χ1n) is 9.24. The average molecular weight is 525 g/mol. The zero-order valence-corrected chi connectivity index (χ0v) is 18.5. The molecule has 0 bridgehead atoms. The minimum Gasteiger partial charge on any atom is -0.465 e. The Morgan fingerprint density at radius 3 is 1.86 bits per heavy atom. The molecule has 2 rings (SSSR count). The molecule has 10 nitrogen and oxygen atoms in total. The maximum atomic E-state index is 12.5. The Hall–Kier alpha value is -4.37. The molecule has 0 saturated carbocycles. The number of benzene rings is 2. The van der Waals surface area contributed by atoms with Crippen molar-refractivity contribution in [2.45, 2.75) is 19.3 Å². The summed E-state index contributed by atoms with van der Waals surface area (Å²) < 4.78 is 83.7. The van der Waals surface area contributed by atoms with Gasteiger partial charge >= 0.3 is 24.3 Å². The molecule has 2 aromatic carbocycles. The smallest absolute Gasteiger partial charge is 0.423 e. The normalized spacial score (nSPS) is 11.0. The first-order chi connectivity index (χ1) is 16.4. The van der Waals surface area contributed by atoms with Crippen LogP contribution >= 0.6 is 0 Å². The number of carbonyl (C=O) groups excluding carboxylic acids is 3. The summed E-state index contributed by atoms with van der Waals surface area (Å²) in [5.74, 6) is -2.46. The highest BCUT2D eigenvalue weighted by Gasteiger charge is 2.39. The van der Waals surface area contributed by atoms with E-state index in [2.05, 4.69) is 14.8 Å². The largest absolute Gasteiger partial charge is 0.465 e. The van der Waals surface area contributed by atoms with Crippen LogP contribution < -0.4 is 11.1 Å². The fourth-order valence-corrected chi connectivity index (χ4v) is 2.57. The van der Waals surface area contributed by atoms with Crippen molar-refractivity contribution >= 4 is 34.9 Å². The van der Waals surface area contributed by atoms with E-state index in [0.29, 0.717) is 18.2 Å². The van der Waals surface area contributed by atoms with E-state index in [9.17, 15) is 50.8 Å². The van der Waals surface area contributed by atoms with Crippen molar-refractivity contribution in [3.8, 4) is 0 Å². The summed E-state index contributed by atoms with van der Waals surface area (Å²) in [7, 11) is 2.07. The van der Waals surface area contributed by atoms with Crippen molar-refractivity contribution in [3.05, 3.63) is 62.7 Å². The number of nitro benzene ring substituents is 1. The van der Waals surface area contributed by atoms with Gasteiger partial charge in [-0.3, -0.25) is 14.9 Å². The van der Waals surface area contributed by atoms with Crippen molar-refractivity contribution in [1.29, 1.82) is 0 Å². The van der Waals surface area contributed by atoms with Crippen LogP contribution in [0, 0.1) is 10.1 Å². The number of hydrogen-bond acceptors (Lipinski definition) is 8. The van der Waals surface area contributed by atoms with Crippen molar-refractivity contribution in [1.82, 2.24) is 0 Å². The monoisotopic (exact) mass is 525 g/mol. The van der Waals surface area contributed by atoms with Gasteiger partial charge in [0.1, 0.15) is 5.56 Å². The Bertz CT molecular complexity index is 1180. The van der Waals surface area contributed by atoms with Gasteiger partial charge in [-0.25, -0.2) is 9.59 Å². The second kappa shape index (κ2) is 11.4. The molecular formula is C20H17F6N3O7. The summed E-state index contributed by atoms with van der Waals surface area (Å²) in [5.41, 5.74) is 0.111. The molecule has 0 heterocycles. The van der Waals surface area contributed by atoms with Crippen LogP contribution in [0.3, 0.4) is 0 Å². The number of nitrogens with one attached hydrogen (secondary N) is 1. The summed E-state index contributed by atoms with van der Waals surface area (Å²) in [5, 5.41) is 12.7. The lowest BCUT2D eigenvalue weighted by Gasteiger charge is -2.12. The molecule has 0 radical (unpaired) electrons. The number of nitrogen functional groups attached to an aromatic ring is 1. The maximum Gasteiger partial charge on any atom is 0.423 e. The molecule has 1 amide bonds. The Kier molecular flexibility index (Phi) is 9.37. The van der Waals surface area contributed by atoms with Crippen molar-refractivity contribution in [3.63, 3.8) is 0 Å². The molecule has 0 aromatic heterocycles. The van der Waals surface area contributed by atoms with Crippen LogP contribution in [-0.2, 0) is 26.6 Å². The SMILES string of the molecule is COC(=O)c1cc([N+](=O)[O-])c(C(F)(F)F)cc1N.COC(=O)c1ccc(C(F)(F)F)cc1NC(C)=O. The highest BCUT2D eigenvalue weighted by molar-refractivity contribution is 6.00.